The van der Waals surface area contributed by atoms with E-state index in [2.05, 4.69) is 17.6 Å². The summed E-state index contributed by atoms with van der Waals surface area (Å²) in [4.78, 5) is 55.0. The number of aryl methyl sites for hydroxylation is 1. The summed E-state index contributed by atoms with van der Waals surface area (Å²) in [6.45, 7) is 8.46. The molecule has 2 fully saturated rings. The van der Waals surface area contributed by atoms with Crippen molar-refractivity contribution in [1.82, 2.24) is 25.3 Å². The number of amides is 5. The number of imide groups is 1. The highest BCUT2D eigenvalue weighted by Crippen LogP contribution is 2.29. The Morgan fingerprint density at radius 2 is 1.72 bits per heavy atom. The fraction of sp³-hybridized carbons (Fsp3) is 0.565. The zero-order valence-corrected chi connectivity index (χ0v) is 19.1. The first-order valence-corrected chi connectivity index (χ1v) is 11.2. The van der Waals surface area contributed by atoms with E-state index in [1.165, 1.54) is 0 Å². The molecule has 2 heterocycles. The zero-order valence-electron chi connectivity index (χ0n) is 19.1. The Balaban J connectivity index is 1.52. The number of carbonyl (C=O) groups excluding carboxylic acids is 4. The molecule has 5 amide bonds. The van der Waals surface area contributed by atoms with Crippen molar-refractivity contribution in [3.63, 3.8) is 0 Å². The molecular weight excluding hydrogens is 410 g/mol. The van der Waals surface area contributed by atoms with Crippen LogP contribution in [0.3, 0.4) is 0 Å². The van der Waals surface area contributed by atoms with Crippen molar-refractivity contribution < 1.29 is 19.2 Å². The van der Waals surface area contributed by atoms with Gasteiger partial charge in [0.25, 0.3) is 5.91 Å². The van der Waals surface area contributed by atoms with E-state index in [1.54, 1.807) is 11.8 Å². The second-order valence-corrected chi connectivity index (χ2v) is 8.67. The van der Waals surface area contributed by atoms with Crippen LogP contribution in [0, 0.1) is 6.92 Å². The van der Waals surface area contributed by atoms with Gasteiger partial charge in [0.2, 0.25) is 11.8 Å². The van der Waals surface area contributed by atoms with Crippen LogP contribution < -0.4 is 10.6 Å². The highest BCUT2D eigenvalue weighted by Gasteiger charge is 2.49. The summed E-state index contributed by atoms with van der Waals surface area (Å²) in [5.74, 6) is -0.705. The number of carbonyl (C=O) groups is 4. The number of hydrogen-bond donors (Lipinski definition) is 2. The van der Waals surface area contributed by atoms with Gasteiger partial charge in [0, 0.05) is 32.7 Å². The summed E-state index contributed by atoms with van der Waals surface area (Å²) < 4.78 is 0. The third-order valence-electron chi connectivity index (χ3n) is 6.14. The minimum atomic E-state index is -1.19. The molecule has 0 radical (unpaired) electrons. The highest BCUT2D eigenvalue weighted by molar-refractivity contribution is 6.09. The molecule has 9 heteroatoms. The lowest BCUT2D eigenvalue weighted by atomic mass is 9.91. The van der Waals surface area contributed by atoms with Gasteiger partial charge in [-0.05, 0) is 25.8 Å². The van der Waals surface area contributed by atoms with E-state index in [0.29, 0.717) is 44.8 Å². The van der Waals surface area contributed by atoms with Crippen LogP contribution >= 0.6 is 0 Å². The smallest absolute Gasteiger partial charge is 0.325 e. The Labute approximate surface area is 189 Å². The molecule has 2 saturated heterocycles. The summed E-state index contributed by atoms with van der Waals surface area (Å²) in [7, 11) is 0. The van der Waals surface area contributed by atoms with Gasteiger partial charge < -0.3 is 15.5 Å². The molecule has 32 heavy (non-hydrogen) atoms. The number of nitrogens with one attached hydrogen (secondary N) is 2. The Bertz CT molecular complexity index is 864. The number of urea groups is 1. The van der Waals surface area contributed by atoms with Crippen molar-refractivity contribution in [2.75, 3.05) is 45.8 Å². The van der Waals surface area contributed by atoms with E-state index in [-0.39, 0.29) is 18.4 Å². The van der Waals surface area contributed by atoms with Crippen molar-refractivity contribution in [2.45, 2.75) is 39.2 Å². The van der Waals surface area contributed by atoms with Crippen LogP contribution in [-0.4, -0.2) is 84.3 Å². The summed E-state index contributed by atoms with van der Waals surface area (Å²) in [5, 5.41) is 5.63. The van der Waals surface area contributed by atoms with Gasteiger partial charge in [-0.3, -0.25) is 24.2 Å². The minimum absolute atomic E-state index is 0.00653. The molecule has 2 N–H and O–H groups in total. The fourth-order valence-electron chi connectivity index (χ4n) is 3.98. The summed E-state index contributed by atoms with van der Waals surface area (Å²) in [5.41, 5.74) is 0.551. The third-order valence-corrected chi connectivity index (χ3v) is 6.14. The van der Waals surface area contributed by atoms with Crippen LogP contribution in [0.25, 0.3) is 0 Å². The SMILES string of the molecule is CCCCNC(=O)CN1CCN(C(=O)CN2C(=O)NC(C)(c3ccc(C)cc3)C2=O)CC1. The Kier molecular flexibility index (Phi) is 7.50. The first-order valence-electron chi connectivity index (χ1n) is 11.2. The normalized spacial score (nSPS) is 21.6. The van der Waals surface area contributed by atoms with E-state index in [0.717, 1.165) is 23.3 Å². The fourth-order valence-corrected chi connectivity index (χ4v) is 3.98. The molecule has 0 spiro atoms. The summed E-state index contributed by atoms with van der Waals surface area (Å²) in [6, 6.07) is 6.84. The average Bonchev–Trinajstić information content (AvgIpc) is 2.98. The standard InChI is InChI=1S/C23H33N5O4/c1-4-5-10-24-19(29)15-26-11-13-27(14-12-26)20(30)16-28-21(31)23(3,25-22(28)32)18-8-6-17(2)7-9-18/h6-9H,4-5,10-16H2,1-3H3,(H,24,29)(H,25,32). The predicted molar refractivity (Wildman–Crippen MR) is 120 cm³/mol. The van der Waals surface area contributed by atoms with E-state index < -0.39 is 17.5 Å². The number of hydrogen-bond acceptors (Lipinski definition) is 5. The number of rotatable bonds is 8. The van der Waals surface area contributed by atoms with Crippen LogP contribution in [0.1, 0.15) is 37.8 Å². The molecule has 0 bridgehead atoms. The molecule has 3 rings (SSSR count). The number of unbranched alkanes of at least 4 members (excludes halogenated alkanes) is 1. The van der Waals surface area contributed by atoms with Gasteiger partial charge in [0.1, 0.15) is 12.1 Å². The molecule has 1 unspecified atom stereocenters. The number of benzene rings is 1. The molecule has 9 nitrogen and oxygen atoms in total. The highest BCUT2D eigenvalue weighted by atomic mass is 16.2. The van der Waals surface area contributed by atoms with E-state index in [9.17, 15) is 19.2 Å². The van der Waals surface area contributed by atoms with Crippen molar-refractivity contribution in [1.29, 1.82) is 0 Å². The lowest BCUT2D eigenvalue weighted by Crippen LogP contribution is -2.53. The molecule has 0 aromatic heterocycles. The van der Waals surface area contributed by atoms with E-state index >= 15 is 0 Å². The van der Waals surface area contributed by atoms with Crippen molar-refractivity contribution in [3.05, 3.63) is 35.4 Å². The van der Waals surface area contributed by atoms with E-state index in [4.69, 9.17) is 0 Å². The van der Waals surface area contributed by atoms with Crippen molar-refractivity contribution in [3.8, 4) is 0 Å². The average molecular weight is 444 g/mol. The summed E-state index contributed by atoms with van der Waals surface area (Å²) >= 11 is 0. The Hall–Kier alpha value is -2.94. The topological polar surface area (TPSA) is 102 Å². The van der Waals surface area contributed by atoms with Gasteiger partial charge in [0.05, 0.1) is 6.54 Å². The van der Waals surface area contributed by atoms with Gasteiger partial charge in [-0.1, -0.05) is 43.2 Å². The number of nitrogens with zero attached hydrogens (tertiary/aromatic N) is 3. The molecule has 2 aliphatic rings. The molecule has 1 aromatic carbocycles. The van der Waals surface area contributed by atoms with Gasteiger partial charge in [-0.15, -0.1) is 0 Å². The Morgan fingerprint density at radius 1 is 1.06 bits per heavy atom. The van der Waals surface area contributed by atoms with Gasteiger partial charge >= 0.3 is 6.03 Å². The van der Waals surface area contributed by atoms with Crippen molar-refractivity contribution in [2.24, 2.45) is 0 Å². The first-order chi connectivity index (χ1) is 15.2. The molecule has 1 aromatic rings. The number of piperazine rings is 1. The maximum atomic E-state index is 13.0. The molecular formula is C23H33N5O4. The van der Waals surface area contributed by atoms with Gasteiger partial charge in [0.15, 0.2) is 0 Å². The van der Waals surface area contributed by atoms with Crippen LogP contribution in [0.5, 0.6) is 0 Å². The molecule has 0 saturated carbocycles. The van der Waals surface area contributed by atoms with Gasteiger partial charge in [-0.25, -0.2) is 4.79 Å². The maximum absolute atomic E-state index is 13.0. The lowest BCUT2D eigenvalue weighted by Gasteiger charge is -2.34. The summed E-state index contributed by atoms with van der Waals surface area (Å²) in [6.07, 6.45) is 1.99. The van der Waals surface area contributed by atoms with Crippen LogP contribution in [-0.2, 0) is 19.9 Å². The zero-order chi connectivity index (χ0) is 23.3. The van der Waals surface area contributed by atoms with Crippen molar-refractivity contribution >= 4 is 23.8 Å². The largest absolute Gasteiger partial charge is 0.355 e. The quantitative estimate of drug-likeness (QED) is 0.458. The molecule has 2 aliphatic heterocycles. The van der Waals surface area contributed by atoms with Crippen LogP contribution in [0.15, 0.2) is 24.3 Å². The predicted octanol–water partition coefficient (Wildman–Crippen LogP) is 0.823. The minimum Gasteiger partial charge on any atom is -0.355 e. The second-order valence-electron chi connectivity index (χ2n) is 8.67. The third kappa shape index (κ3) is 5.27. The first kappa shape index (κ1) is 23.7. The second kappa shape index (κ2) is 10.1. The molecule has 1 atom stereocenters. The molecule has 174 valence electrons. The van der Waals surface area contributed by atoms with Crippen LogP contribution in [0.4, 0.5) is 4.79 Å². The Morgan fingerprint density at radius 3 is 2.34 bits per heavy atom. The molecule has 0 aliphatic carbocycles. The van der Waals surface area contributed by atoms with Crippen LogP contribution in [0.2, 0.25) is 0 Å². The van der Waals surface area contributed by atoms with E-state index in [1.807, 2.05) is 36.1 Å². The maximum Gasteiger partial charge on any atom is 0.325 e. The monoisotopic (exact) mass is 443 g/mol. The lowest BCUT2D eigenvalue weighted by molar-refractivity contribution is -0.140. The van der Waals surface area contributed by atoms with Gasteiger partial charge in [-0.2, -0.15) is 0 Å².